The number of hydrogen-bond acceptors (Lipinski definition) is 5. The third-order valence-electron chi connectivity index (χ3n) is 4.97. The maximum Gasteiger partial charge on any atom is 0.253 e. The topological polar surface area (TPSA) is 88.9 Å². The Morgan fingerprint density at radius 1 is 1.09 bits per heavy atom. The number of nitrogens with zero attached hydrogens (tertiary/aromatic N) is 3. The SMILES string of the molecule is Cc1ccccc1NC(=O)CSc1nnc([C@H](NC(=O)c2ccccc2Cl)C(C)C)n1C. The Labute approximate surface area is 197 Å². The molecular formula is C23H26ClN5O2S. The summed E-state index contributed by atoms with van der Waals surface area (Å²) >= 11 is 7.46. The number of anilines is 1. The van der Waals surface area contributed by atoms with Gasteiger partial charge in [0.2, 0.25) is 5.91 Å². The third-order valence-corrected chi connectivity index (χ3v) is 6.32. The van der Waals surface area contributed by atoms with Gasteiger partial charge in [0.25, 0.3) is 5.91 Å². The number of carbonyl (C=O) groups is 2. The smallest absolute Gasteiger partial charge is 0.253 e. The Morgan fingerprint density at radius 2 is 1.78 bits per heavy atom. The molecule has 2 aromatic carbocycles. The standard InChI is InChI=1S/C23H26ClN5O2S/c1-14(2)20(26-22(31)16-10-6-7-11-17(16)24)21-27-28-23(29(21)4)32-13-19(30)25-18-12-8-5-9-15(18)3/h5-12,14,20H,13H2,1-4H3,(H,25,30)(H,26,31)/t20-/m1/s1. The average Bonchev–Trinajstić information content (AvgIpc) is 3.12. The number of thioether (sulfide) groups is 1. The van der Waals surface area contributed by atoms with Gasteiger partial charge in [0.15, 0.2) is 11.0 Å². The molecule has 0 aliphatic carbocycles. The van der Waals surface area contributed by atoms with Crippen LogP contribution in [-0.2, 0) is 11.8 Å². The molecule has 0 saturated heterocycles. The number of para-hydroxylation sites is 1. The van der Waals surface area contributed by atoms with Gasteiger partial charge >= 0.3 is 0 Å². The molecule has 0 saturated carbocycles. The van der Waals surface area contributed by atoms with Gasteiger partial charge in [-0.1, -0.05) is 67.5 Å². The Hall–Kier alpha value is -2.84. The molecule has 3 aromatic rings. The lowest BCUT2D eigenvalue weighted by Gasteiger charge is -2.22. The lowest BCUT2D eigenvalue weighted by molar-refractivity contribution is -0.113. The Kier molecular flexibility index (Phi) is 7.93. The van der Waals surface area contributed by atoms with Crippen molar-refractivity contribution in [2.24, 2.45) is 13.0 Å². The van der Waals surface area contributed by atoms with Crippen LogP contribution in [0.1, 0.15) is 41.6 Å². The van der Waals surface area contributed by atoms with Crippen molar-refractivity contribution in [2.75, 3.05) is 11.1 Å². The first-order valence-electron chi connectivity index (χ1n) is 10.2. The number of carbonyl (C=O) groups excluding carboxylic acids is 2. The van der Waals surface area contributed by atoms with Crippen LogP contribution in [-0.4, -0.2) is 32.3 Å². The van der Waals surface area contributed by atoms with Crippen LogP contribution < -0.4 is 10.6 Å². The molecule has 0 spiro atoms. The molecule has 168 valence electrons. The first-order valence-corrected chi connectivity index (χ1v) is 11.6. The van der Waals surface area contributed by atoms with Gasteiger partial charge in [-0.05, 0) is 36.6 Å². The van der Waals surface area contributed by atoms with Gasteiger partial charge in [-0.3, -0.25) is 9.59 Å². The van der Waals surface area contributed by atoms with Crippen molar-refractivity contribution in [3.05, 3.63) is 70.5 Å². The number of nitrogens with one attached hydrogen (secondary N) is 2. The maximum absolute atomic E-state index is 12.8. The summed E-state index contributed by atoms with van der Waals surface area (Å²) in [7, 11) is 1.83. The number of aromatic nitrogens is 3. The molecule has 3 rings (SSSR count). The number of amides is 2. The maximum atomic E-state index is 12.8. The second-order valence-corrected chi connectivity index (χ2v) is 9.08. The van der Waals surface area contributed by atoms with Crippen LogP contribution in [0.5, 0.6) is 0 Å². The molecule has 0 unspecified atom stereocenters. The van der Waals surface area contributed by atoms with Gasteiger partial charge in [-0.25, -0.2) is 0 Å². The van der Waals surface area contributed by atoms with E-state index in [0.717, 1.165) is 11.3 Å². The van der Waals surface area contributed by atoms with Gasteiger partial charge in [-0.2, -0.15) is 0 Å². The second-order valence-electron chi connectivity index (χ2n) is 7.73. The molecule has 0 bridgehead atoms. The average molecular weight is 472 g/mol. The van der Waals surface area contributed by atoms with Gasteiger partial charge < -0.3 is 15.2 Å². The molecule has 7 nitrogen and oxygen atoms in total. The first kappa shape index (κ1) is 23.8. The number of aryl methyl sites for hydroxylation is 1. The van der Waals surface area contributed by atoms with Gasteiger partial charge in [0, 0.05) is 12.7 Å². The van der Waals surface area contributed by atoms with E-state index >= 15 is 0 Å². The van der Waals surface area contributed by atoms with Crippen molar-refractivity contribution < 1.29 is 9.59 Å². The third kappa shape index (κ3) is 5.69. The minimum absolute atomic E-state index is 0.0616. The van der Waals surface area contributed by atoms with Crippen molar-refractivity contribution in [1.29, 1.82) is 0 Å². The summed E-state index contributed by atoms with van der Waals surface area (Å²) in [4.78, 5) is 25.2. The molecule has 1 atom stereocenters. The quantitative estimate of drug-likeness (QED) is 0.467. The number of rotatable bonds is 8. The van der Waals surface area contributed by atoms with Crippen molar-refractivity contribution in [2.45, 2.75) is 32.0 Å². The summed E-state index contributed by atoms with van der Waals surface area (Å²) in [5, 5.41) is 15.4. The van der Waals surface area contributed by atoms with Crippen LogP contribution >= 0.6 is 23.4 Å². The molecule has 1 aromatic heterocycles. The minimum atomic E-state index is -0.369. The summed E-state index contributed by atoms with van der Waals surface area (Å²) in [5.41, 5.74) is 2.20. The van der Waals surface area contributed by atoms with E-state index < -0.39 is 0 Å². The molecule has 2 amide bonds. The summed E-state index contributed by atoms with van der Waals surface area (Å²) in [6.07, 6.45) is 0. The van der Waals surface area contributed by atoms with Gasteiger partial charge in [0.05, 0.1) is 22.4 Å². The Bertz CT molecular complexity index is 1120. The number of hydrogen-bond donors (Lipinski definition) is 2. The van der Waals surface area contributed by atoms with E-state index in [1.165, 1.54) is 11.8 Å². The molecule has 0 aliphatic rings. The predicted molar refractivity (Wildman–Crippen MR) is 128 cm³/mol. The second kappa shape index (κ2) is 10.7. The molecule has 0 radical (unpaired) electrons. The summed E-state index contributed by atoms with van der Waals surface area (Å²) in [6.45, 7) is 5.93. The van der Waals surface area contributed by atoms with E-state index in [4.69, 9.17) is 11.6 Å². The fourth-order valence-electron chi connectivity index (χ4n) is 3.15. The molecule has 0 fully saturated rings. The number of benzene rings is 2. The summed E-state index contributed by atoms with van der Waals surface area (Å²) in [5.74, 6) is 0.470. The zero-order valence-electron chi connectivity index (χ0n) is 18.4. The van der Waals surface area contributed by atoms with Crippen LogP contribution in [0.4, 0.5) is 5.69 Å². The highest BCUT2D eigenvalue weighted by Gasteiger charge is 2.26. The van der Waals surface area contributed by atoms with Crippen molar-refractivity contribution in [3.63, 3.8) is 0 Å². The largest absolute Gasteiger partial charge is 0.342 e. The molecule has 9 heteroatoms. The van der Waals surface area contributed by atoms with Crippen molar-refractivity contribution in [1.82, 2.24) is 20.1 Å². The highest BCUT2D eigenvalue weighted by atomic mass is 35.5. The van der Waals surface area contributed by atoms with Crippen molar-refractivity contribution in [3.8, 4) is 0 Å². The van der Waals surface area contributed by atoms with Crippen LogP contribution in [0, 0.1) is 12.8 Å². The van der Waals surface area contributed by atoms with Crippen LogP contribution in [0.15, 0.2) is 53.7 Å². The molecule has 2 N–H and O–H groups in total. The summed E-state index contributed by atoms with van der Waals surface area (Å²) < 4.78 is 1.81. The fraction of sp³-hybridized carbons (Fsp3) is 0.304. The monoisotopic (exact) mass is 471 g/mol. The van der Waals surface area contributed by atoms with Crippen LogP contribution in [0.2, 0.25) is 5.02 Å². The zero-order chi connectivity index (χ0) is 23.3. The highest BCUT2D eigenvalue weighted by molar-refractivity contribution is 7.99. The Balaban J connectivity index is 1.68. The molecular weight excluding hydrogens is 446 g/mol. The lowest BCUT2D eigenvalue weighted by Crippen LogP contribution is -2.33. The van der Waals surface area contributed by atoms with E-state index in [2.05, 4.69) is 20.8 Å². The van der Waals surface area contributed by atoms with Gasteiger partial charge in [-0.15, -0.1) is 10.2 Å². The first-order chi connectivity index (χ1) is 15.3. The van der Waals surface area contributed by atoms with Crippen LogP contribution in [0.3, 0.4) is 0 Å². The Morgan fingerprint density at radius 3 is 2.47 bits per heavy atom. The van der Waals surface area contributed by atoms with E-state index in [9.17, 15) is 9.59 Å². The minimum Gasteiger partial charge on any atom is -0.342 e. The summed E-state index contributed by atoms with van der Waals surface area (Å²) in [6, 6.07) is 14.2. The predicted octanol–water partition coefficient (Wildman–Crippen LogP) is 4.63. The van der Waals surface area contributed by atoms with E-state index in [1.54, 1.807) is 24.3 Å². The van der Waals surface area contributed by atoms with E-state index in [0.29, 0.717) is 21.6 Å². The van der Waals surface area contributed by atoms with Crippen LogP contribution in [0.25, 0.3) is 0 Å². The van der Waals surface area contributed by atoms with Crippen molar-refractivity contribution >= 4 is 40.9 Å². The highest BCUT2D eigenvalue weighted by Crippen LogP contribution is 2.25. The molecule has 0 aliphatic heterocycles. The molecule has 1 heterocycles. The van der Waals surface area contributed by atoms with E-state index in [1.807, 2.05) is 56.7 Å². The lowest BCUT2D eigenvalue weighted by atomic mass is 10.0. The van der Waals surface area contributed by atoms with Gasteiger partial charge in [0.1, 0.15) is 0 Å². The molecule has 32 heavy (non-hydrogen) atoms. The number of halogens is 1. The van der Waals surface area contributed by atoms with E-state index in [-0.39, 0.29) is 29.5 Å². The normalized spacial score (nSPS) is 11.9. The fourth-order valence-corrected chi connectivity index (χ4v) is 4.09. The zero-order valence-corrected chi connectivity index (χ0v) is 20.0.